The molecule has 0 N–H and O–H groups in total. The highest BCUT2D eigenvalue weighted by molar-refractivity contribution is 8.13. The van der Waals surface area contributed by atoms with Crippen molar-refractivity contribution in [1.29, 1.82) is 0 Å². The lowest BCUT2D eigenvalue weighted by atomic mass is 10.1. The van der Waals surface area contributed by atoms with Crippen molar-refractivity contribution in [2.75, 3.05) is 26.8 Å². The second-order valence-corrected chi connectivity index (χ2v) is 7.34. The highest BCUT2D eigenvalue weighted by Gasteiger charge is 2.21. The van der Waals surface area contributed by atoms with Crippen LogP contribution >= 0.6 is 22.3 Å². The quantitative estimate of drug-likeness (QED) is 0.737. The van der Waals surface area contributed by atoms with Gasteiger partial charge in [0.1, 0.15) is 0 Å². The Labute approximate surface area is 134 Å². The monoisotopic (exact) mass is 353 g/mol. The first-order valence-corrected chi connectivity index (χ1v) is 8.94. The molecule has 1 rings (SSSR count). The minimum atomic E-state index is -3.97. The van der Waals surface area contributed by atoms with Crippen LogP contribution in [0, 0.1) is 6.92 Å². The maximum Gasteiger partial charge on any atom is 0.261 e. The van der Waals surface area contributed by atoms with Gasteiger partial charge in [0.25, 0.3) is 15.0 Å². The number of halogens is 2. The molecule has 0 saturated heterocycles. The van der Waals surface area contributed by atoms with Gasteiger partial charge in [-0.15, -0.1) is 0 Å². The minimum absolute atomic E-state index is 0.150. The number of hydrogen-bond donors (Lipinski definition) is 0. The first kappa shape index (κ1) is 18.2. The predicted octanol–water partition coefficient (Wildman–Crippen LogP) is 2.68. The summed E-state index contributed by atoms with van der Waals surface area (Å²) < 4.78 is 28.1. The predicted molar refractivity (Wildman–Crippen MR) is 82.7 cm³/mol. The zero-order valence-electron chi connectivity index (χ0n) is 12.0. The maximum atomic E-state index is 12.4. The van der Waals surface area contributed by atoms with Crippen molar-refractivity contribution in [3.63, 3.8) is 0 Å². The fraction of sp³-hybridized carbons (Fsp3) is 0.462. The summed E-state index contributed by atoms with van der Waals surface area (Å²) in [5.74, 6) is -0.321. The highest BCUT2D eigenvalue weighted by Crippen LogP contribution is 2.28. The summed E-state index contributed by atoms with van der Waals surface area (Å²) in [6.07, 6.45) is 0. The normalized spacial score (nSPS) is 11.5. The molecule has 118 valence electrons. The molecule has 1 aromatic rings. The maximum absolute atomic E-state index is 12.4. The van der Waals surface area contributed by atoms with E-state index in [4.69, 9.17) is 27.0 Å². The molecule has 0 aromatic heterocycles. The average Bonchev–Trinajstić information content (AvgIpc) is 2.40. The third-order valence-electron chi connectivity index (χ3n) is 3.04. The molecule has 0 spiro atoms. The van der Waals surface area contributed by atoms with Crippen LogP contribution in [0.5, 0.6) is 0 Å². The summed E-state index contributed by atoms with van der Waals surface area (Å²) in [7, 11) is 2.95. The number of likely N-dealkylation sites (N-methyl/N-ethyl adjacent to an activating group) is 1. The van der Waals surface area contributed by atoms with Crippen molar-refractivity contribution in [2.24, 2.45) is 0 Å². The van der Waals surface area contributed by atoms with Gasteiger partial charge in [-0.2, -0.15) is 0 Å². The van der Waals surface area contributed by atoms with Gasteiger partial charge in [0, 0.05) is 41.5 Å². The van der Waals surface area contributed by atoms with Gasteiger partial charge in [-0.25, -0.2) is 8.42 Å². The zero-order chi connectivity index (χ0) is 16.2. The van der Waals surface area contributed by atoms with Crippen molar-refractivity contribution in [3.05, 3.63) is 28.3 Å². The molecule has 0 atom stereocenters. The minimum Gasteiger partial charge on any atom is -0.383 e. The van der Waals surface area contributed by atoms with Gasteiger partial charge >= 0.3 is 0 Å². The number of hydrogen-bond acceptors (Lipinski definition) is 4. The van der Waals surface area contributed by atoms with E-state index in [1.165, 1.54) is 24.0 Å². The van der Waals surface area contributed by atoms with Crippen LogP contribution in [0.4, 0.5) is 0 Å². The number of carbonyl (C=O) groups excluding carboxylic acids is 1. The second-order valence-electron chi connectivity index (χ2n) is 4.40. The van der Waals surface area contributed by atoms with Gasteiger partial charge in [-0.05, 0) is 31.5 Å². The molecule has 5 nitrogen and oxygen atoms in total. The molecule has 0 bridgehead atoms. The molecule has 0 saturated carbocycles. The third-order valence-corrected chi connectivity index (χ3v) is 4.88. The standard InChI is InChI=1S/C13H17Cl2NO4S/c1-4-16(5-6-20-3)13(17)10-7-11(14)9(2)12(8-10)21(15,18)19/h7-8H,4-6H2,1-3H3. The van der Waals surface area contributed by atoms with Crippen molar-refractivity contribution in [3.8, 4) is 0 Å². The van der Waals surface area contributed by atoms with Crippen LogP contribution in [0.25, 0.3) is 0 Å². The molecule has 0 aliphatic carbocycles. The first-order chi connectivity index (χ1) is 9.72. The summed E-state index contributed by atoms with van der Waals surface area (Å²) in [4.78, 5) is 13.8. The Balaban J connectivity index is 3.25. The molecule has 0 radical (unpaired) electrons. The largest absolute Gasteiger partial charge is 0.383 e. The van der Waals surface area contributed by atoms with E-state index in [1.807, 2.05) is 6.92 Å². The number of ether oxygens (including phenoxy) is 1. The Kier molecular flexibility index (Phi) is 6.46. The summed E-state index contributed by atoms with van der Waals surface area (Å²) in [6, 6.07) is 2.70. The van der Waals surface area contributed by atoms with E-state index in [0.29, 0.717) is 25.3 Å². The van der Waals surface area contributed by atoms with Gasteiger partial charge in [0.2, 0.25) is 0 Å². The summed E-state index contributed by atoms with van der Waals surface area (Å²) in [5, 5.41) is 0.183. The molecule has 0 heterocycles. The molecule has 1 amide bonds. The molecule has 0 fully saturated rings. The molecule has 21 heavy (non-hydrogen) atoms. The third kappa shape index (κ3) is 4.57. The Hall–Kier alpha value is -0.820. The fourth-order valence-corrected chi connectivity index (χ4v) is 3.32. The Morgan fingerprint density at radius 1 is 1.38 bits per heavy atom. The highest BCUT2D eigenvalue weighted by atomic mass is 35.7. The topological polar surface area (TPSA) is 63.7 Å². The van der Waals surface area contributed by atoms with Gasteiger partial charge < -0.3 is 9.64 Å². The lowest BCUT2D eigenvalue weighted by Gasteiger charge is -2.21. The fourth-order valence-electron chi connectivity index (χ4n) is 1.82. The van der Waals surface area contributed by atoms with Crippen molar-refractivity contribution in [1.82, 2.24) is 4.90 Å². The molecule has 0 aliphatic rings. The van der Waals surface area contributed by atoms with E-state index >= 15 is 0 Å². The van der Waals surface area contributed by atoms with Crippen LogP contribution in [-0.4, -0.2) is 46.0 Å². The number of nitrogens with zero attached hydrogens (tertiary/aromatic N) is 1. The number of carbonyl (C=O) groups is 1. The Morgan fingerprint density at radius 3 is 2.48 bits per heavy atom. The van der Waals surface area contributed by atoms with Crippen molar-refractivity contribution >= 4 is 37.2 Å². The molecule has 0 unspecified atom stereocenters. The van der Waals surface area contributed by atoms with Gasteiger partial charge in [-0.1, -0.05) is 11.6 Å². The SMILES string of the molecule is CCN(CCOC)C(=O)c1cc(Cl)c(C)c(S(=O)(=O)Cl)c1. The number of rotatable bonds is 6. The van der Waals surface area contributed by atoms with E-state index in [1.54, 1.807) is 7.11 Å². The van der Waals surface area contributed by atoms with Crippen LogP contribution in [0.2, 0.25) is 5.02 Å². The summed E-state index contributed by atoms with van der Waals surface area (Å²) in [6.45, 7) is 4.62. The van der Waals surface area contributed by atoms with E-state index < -0.39 is 9.05 Å². The van der Waals surface area contributed by atoms with Crippen LogP contribution in [-0.2, 0) is 13.8 Å². The Morgan fingerprint density at radius 2 is 2.00 bits per heavy atom. The van der Waals surface area contributed by atoms with Crippen LogP contribution in [0.15, 0.2) is 17.0 Å². The van der Waals surface area contributed by atoms with E-state index in [0.717, 1.165) is 0 Å². The van der Waals surface area contributed by atoms with Crippen molar-refractivity contribution in [2.45, 2.75) is 18.7 Å². The van der Waals surface area contributed by atoms with Gasteiger partial charge in [-0.3, -0.25) is 4.79 Å². The van der Waals surface area contributed by atoms with E-state index in [-0.39, 0.29) is 21.4 Å². The summed E-state index contributed by atoms with van der Waals surface area (Å²) >= 11 is 6.00. The number of amides is 1. The lowest BCUT2D eigenvalue weighted by molar-refractivity contribution is 0.0706. The Bertz CT molecular complexity index is 631. The van der Waals surface area contributed by atoms with E-state index in [9.17, 15) is 13.2 Å². The van der Waals surface area contributed by atoms with Crippen LogP contribution in [0.1, 0.15) is 22.8 Å². The summed E-state index contributed by atoms with van der Waals surface area (Å²) in [5.41, 5.74) is 0.505. The molecule has 0 aliphatic heterocycles. The number of benzene rings is 1. The van der Waals surface area contributed by atoms with Gasteiger partial charge in [0.15, 0.2) is 0 Å². The zero-order valence-corrected chi connectivity index (χ0v) is 14.3. The molecular formula is C13H17Cl2NO4S. The number of methoxy groups -OCH3 is 1. The smallest absolute Gasteiger partial charge is 0.261 e. The van der Waals surface area contributed by atoms with Crippen LogP contribution < -0.4 is 0 Å². The molecule has 8 heteroatoms. The average molecular weight is 354 g/mol. The van der Waals surface area contributed by atoms with Gasteiger partial charge in [0.05, 0.1) is 11.5 Å². The lowest BCUT2D eigenvalue weighted by Crippen LogP contribution is -2.33. The van der Waals surface area contributed by atoms with Crippen molar-refractivity contribution < 1.29 is 17.9 Å². The van der Waals surface area contributed by atoms with Crippen LogP contribution in [0.3, 0.4) is 0 Å². The first-order valence-electron chi connectivity index (χ1n) is 6.25. The second kappa shape index (κ2) is 7.45. The molecular weight excluding hydrogens is 337 g/mol. The molecule has 1 aromatic carbocycles. The van der Waals surface area contributed by atoms with E-state index in [2.05, 4.69) is 0 Å².